The van der Waals surface area contributed by atoms with Crippen molar-refractivity contribution in [3.05, 3.63) is 42.0 Å². The topological polar surface area (TPSA) is 185 Å². The number of ether oxygens (including phenoxy) is 2. The molecule has 7 atom stereocenters. The fourth-order valence-electron chi connectivity index (χ4n) is 9.33. The van der Waals surface area contributed by atoms with Gasteiger partial charge in [-0.15, -0.1) is 0 Å². The number of aromatic nitrogens is 1. The number of alkyl halides is 3. The fraction of sp³-hybridized carbons (Fsp3) is 0.643. The number of carboxylic acid groups (broad SMARTS) is 1. The predicted octanol–water partition coefficient (Wildman–Crippen LogP) is 5.53. The molecule has 328 valence electrons. The fourth-order valence-corrected chi connectivity index (χ4v) is 10.8. The minimum atomic E-state index is -4.58. The molecule has 2 saturated carbocycles. The van der Waals surface area contributed by atoms with Crippen molar-refractivity contribution in [3.63, 3.8) is 0 Å². The first-order valence-corrected chi connectivity index (χ1v) is 22.3. The molecule has 3 fully saturated rings. The van der Waals surface area contributed by atoms with Crippen molar-refractivity contribution in [1.82, 2.24) is 24.8 Å². The molecule has 14 nitrogen and oxygen atoms in total. The number of pyridine rings is 1. The van der Waals surface area contributed by atoms with E-state index < -0.39 is 98.8 Å². The van der Waals surface area contributed by atoms with Gasteiger partial charge in [0.1, 0.15) is 23.0 Å². The van der Waals surface area contributed by atoms with Crippen LogP contribution in [0.3, 0.4) is 0 Å². The van der Waals surface area contributed by atoms with Gasteiger partial charge >= 0.3 is 12.0 Å². The van der Waals surface area contributed by atoms with E-state index in [0.717, 1.165) is 17.4 Å². The number of carbonyl (C=O) groups excluding carboxylic acids is 3. The molecule has 5 aliphatic rings. The van der Waals surface area contributed by atoms with Crippen molar-refractivity contribution in [3.8, 4) is 11.8 Å². The van der Waals surface area contributed by atoms with Crippen LogP contribution >= 0.6 is 0 Å². The third-order valence-corrected chi connectivity index (χ3v) is 15.4. The Morgan fingerprint density at radius 3 is 2.52 bits per heavy atom. The number of allylic oxidation sites excluding steroid dienone is 1. The van der Waals surface area contributed by atoms with Crippen molar-refractivity contribution in [1.29, 1.82) is 0 Å². The van der Waals surface area contributed by atoms with Crippen molar-refractivity contribution >= 4 is 44.6 Å². The first-order valence-electron chi connectivity index (χ1n) is 20.8. The van der Waals surface area contributed by atoms with Crippen molar-refractivity contribution in [2.45, 2.75) is 132 Å². The summed E-state index contributed by atoms with van der Waals surface area (Å²) >= 11 is 0. The van der Waals surface area contributed by atoms with Gasteiger partial charge in [-0.3, -0.25) is 24.0 Å². The van der Waals surface area contributed by atoms with Gasteiger partial charge in [-0.2, -0.15) is 13.8 Å². The Morgan fingerprint density at radius 1 is 1.18 bits per heavy atom. The number of hydrogen-bond acceptors (Lipinski definition) is 9. The first-order chi connectivity index (χ1) is 28.3. The van der Waals surface area contributed by atoms with Gasteiger partial charge < -0.3 is 24.8 Å². The monoisotopic (exact) mass is 861 g/mol. The number of carbonyl (C=O) groups is 4. The molecule has 4 heterocycles. The van der Waals surface area contributed by atoms with E-state index in [1.54, 1.807) is 57.2 Å². The molecule has 0 unspecified atom stereocenters. The summed E-state index contributed by atoms with van der Waals surface area (Å²) in [6.45, 7) is 6.10. The molecule has 2 aromatic rings. The van der Waals surface area contributed by atoms with Gasteiger partial charge in [0.25, 0.3) is 5.91 Å². The van der Waals surface area contributed by atoms with E-state index in [0.29, 0.717) is 60.8 Å². The number of nitrogens with zero attached hydrogens (tertiary/aromatic N) is 3. The maximum absolute atomic E-state index is 17.7. The zero-order chi connectivity index (χ0) is 43.6. The highest BCUT2D eigenvalue weighted by Gasteiger charge is 2.72. The van der Waals surface area contributed by atoms with Gasteiger partial charge in [0.15, 0.2) is 11.6 Å². The summed E-state index contributed by atoms with van der Waals surface area (Å²) in [5.74, 6) is -9.59. The molecule has 3 aliphatic heterocycles. The van der Waals surface area contributed by atoms with E-state index in [1.807, 2.05) is 11.6 Å². The Balaban J connectivity index is 1.35. The van der Waals surface area contributed by atoms with Crippen molar-refractivity contribution in [2.24, 2.45) is 17.8 Å². The Bertz CT molecular complexity index is 2200. The second-order valence-electron chi connectivity index (χ2n) is 17.8. The van der Waals surface area contributed by atoms with Gasteiger partial charge in [-0.1, -0.05) is 50.6 Å². The Labute approximate surface area is 347 Å². The highest BCUT2D eigenvalue weighted by molar-refractivity contribution is 7.91. The second-order valence-corrected chi connectivity index (χ2v) is 19.9. The van der Waals surface area contributed by atoms with Gasteiger partial charge in [-0.05, 0) is 95.4 Å². The molecule has 4 amide bonds. The SMILES string of the molecule is CC[C@@H]1C[C@@H](C)CC/C=C\[C@@H]2C[C@@]2(C(=O)NS(=O)(=O)C2(CF)CC2)NC(=O)[C@@H]2N(C[C@@](C)(Oc3nc4c(c5ccccc35)CCCO4)C2(F)F)C(=O)[C@H]1N(C(=O)O)C(C)C. The van der Waals surface area contributed by atoms with E-state index in [1.165, 1.54) is 0 Å². The van der Waals surface area contributed by atoms with Crippen LogP contribution in [-0.4, -0.2) is 112 Å². The quantitative estimate of drug-likeness (QED) is 0.271. The van der Waals surface area contributed by atoms with E-state index in [2.05, 4.69) is 10.3 Å². The molecule has 0 radical (unpaired) electrons. The number of hydrogen-bond donors (Lipinski definition) is 3. The zero-order valence-corrected chi connectivity index (χ0v) is 35.3. The minimum Gasteiger partial charge on any atom is -0.477 e. The van der Waals surface area contributed by atoms with E-state index in [9.17, 15) is 32.3 Å². The van der Waals surface area contributed by atoms with Crippen LogP contribution in [0.25, 0.3) is 10.8 Å². The minimum absolute atomic E-state index is 0.0267. The lowest BCUT2D eigenvalue weighted by Gasteiger charge is -2.40. The number of amides is 4. The smallest absolute Gasteiger partial charge is 0.408 e. The van der Waals surface area contributed by atoms with Crippen LogP contribution in [-0.2, 0) is 30.8 Å². The molecule has 18 heteroatoms. The number of halogens is 3. The van der Waals surface area contributed by atoms with Crippen molar-refractivity contribution < 1.29 is 55.3 Å². The molecule has 2 aliphatic carbocycles. The highest BCUT2D eigenvalue weighted by Crippen LogP contribution is 2.51. The molecule has 1 aromatic heterocycles. The highest BCUT2D eigenvalue weighted by atomic mass is 32.2. The maximum atomic E-state index is 17.7. The van der Waals surface area contributed by atoms with Gasteiger partial charge in [0, 0.05) is 22.9 Å². The van der Waals surface area contributed by atoms with Crippen LogP contribution in [0, 0.1) is 17.8 Å². The third-order valence-electron chi connectivity index (χ3n) is 13.3. The second kappa shape index (κ2) is 15.7. The molecule has 7 rings (SSSR count). The summed E-state index contributed by atoms with van der Waals surface area (Å²) in [6, 6.07) is 1.95. The number of benzene rings is 1. The van der Waals surface area contributed by atoms with Crippen LogP contribution in [0.1, 0.15) is 91.5 Å². The van der Waals surface area contributed by atoms with Crippen LogP contribution < -0.4 is 19.5 Å². The summed E-state index contributed by atoms with van der Waals surface area (Å²) in [6.07, 6.45) is 4.76. The predicted molar refractivity (Wildman–Crippen MR) is 214 cm³/mol. The number of nitrogens with one attached hydrogen (secondary N) is 2. The van der Waals surface area contributed by atoms with Crippen LogP contribution in [0.4, 0.5) is 18.0 Å². The molecule has 1 saturated heterocycles. The van der Waals surface area contributed by atoms with E-state index in [4.69, 9.17) is 9.47 Å². The summed E-state index contributed by atoms with van der Waals surface area (Å²) in [5.41, 5.74) is -3.95. The Hall–Kier alpha value is -4.61. The van der Waals surface area contributed by atoms with Gasteiger partial charge in [0.2, 0.25) is 33.6 Å². The molecule has 0 bridgehead atoms. The average molecular weight is 862 g/mol. The van der Waals surface area contributed by atoms with E-state index >= 15 is 13.6 Å². The molecule has 0 spiro atoms. The third kappa shape index (κ3) is 7.33. The molecule has 1 aromatic carbocycles. The average Bonchev–Trinajstić information content (AvgIpc) is 4.11. The summed E-state index contributed by atoms with van der Waals surface area (Å²) in [5, 5.41) is 14.0. The van der Waals surface area contributed by atoms with E-state index in [-0.39, 0.29) is 36.9 Å². The number of fused-ring (bicyclic) bond motifs is 5. The summed E-state index contributed by atoms with van der Waals surface area (Å²) < 4.78 is 88.1. The maximum Gasteiger partial charge on any atom is 0.408 e. The zero-order valence-electron chi connectivity index (χ0n) is 34.5. The normalized spacial score (nSPS) is 31.6. The number of rotatable bonds is 9. The Kier molecular flexibility index (Phi) is 11.4. The molecule has 3 N–H and O–H groups in total. The van der Waals surface area contributed by atoms with Crippen LogP contribution in [0.15, 0.2) is 36.4 Å². The van der Waals surface area contributed by atoms with Crippen molar-refractivity contribution in [2.75, 3.05) is 19.8 Å². The number of aryl methyl sites for hydroxylation is 1. The summed E-state index contributed by atoms with van der Waals surface area (Å²) in [7, 11) is -4.58. The molecular formula is C42H54F3N5O9S. The number of sulfonamides is 1. The first kappa shape index (κ1) is 43.5. The summed E-state index contributed by atoms with van der Waals surface area (Å²) in [4.78, 5) is 63.1. The lowest BCUT2D eigenvalue weighted by atomic mass is 9.83. The molecule has 60 heavy (non-hydrogen) atoms. The molecular weight excluding hydrogens is 808 g/mol. The lowest BCUT2D eigenvalue weighted by molar-refractivity contribution is -0.163. The van der Waals surface area contributed by atoms with Gasteiger partial charge in [0.05, 0.1) is 13.2 Å². The largest absolute Gasteiger partial charge is 0.477 e. The standard InChI is InChI=1S/C42H54F3N5O9S/c1-6-26-20-25(4)12-7-8-13-27-21-41(27,37(53)48-60(56,57)40(22-43)17-18-40)47-33(51)32-42(44,45)39(5,23-49(32)36(52)31(26)50(24(2)3)38(54)55)59-35-30-15-10-9-14-28(30)29-16-11-19-58-34(29)46-35/h8-10,13-15,24-27,31-32H,6-7,11-12,16-23H2,1-5H3,(H,47,51)(H,48,53)(H,54,55)/b13-8-/t25-,26+,27+,31-,32-,39+,41+/m0/s1. The van der Waals surface area contributed by atoms with Gasteiger partial charge in [-0.25, -0.2) is 17.6 Å². The Morgan fingerprint density at radius 2 is 1.88 bits per heavy atom. The van der Waals surface area contributed by atoms with Crippen LogP contribution in [0.5, 0.6) is 11.8 Å². The lowest BCUT2D eigenvalue weighted by Crippen LogP contribution is -2.63. The van der Waals surface area contributed by atoms with Crippen LogP contribution in [0.2, 0.25) is 0 Å².